The third kappa shape index (κ3) is 3.44. The van der Waals surface area contributed by atoms with E-state index in [4.69, 9.17) is 0 Å². The summed E-state index contributed by atoms with van der Waals surface area (Å²) in [6, 6.07) is 0.586. The Kier molecular flexibility index (Phi) is 4.43. The molecule has 2 rings (SSSR count). The van der Waals surface area contributed by atoms with Crippen molar-refractivity contribution in [2.45, 2.75) is 52.0 Å². The fourth-order valence-corrected chi connectivity index (χ4v) is 2.95. The highest BCUT2D eigenvalue weighted by Crippen LogP contribution is 2.21. The number of rotatable bonds is 1. The molecule has 0 saturated carbocycles. The summed E-state index contributed by atoms with van der Waals surface area (Å²) in [6.45, 7) is 7.35. The van der Waals surface area contributed by atoms with Gasteiger partial charge in [-0.1, -0.05) is 6.92 Å². The maximum atomic E-state index is 12.4. The number of carbonyl (C=O) groups is 1. The molecule has 3 atom stereocenters. The normalized spacial score (nSPS) is 35.4. The molecule has 0 spiro atoms. The third-order valence-corrected chi connectivity index (χ3v) is 4.34. The van der Waals surface area contributed by atoms with Gasteiger partial charge in [-0.05, 0) is 44.9 Å². The molecule has 0 bridgehead atoms. The molecule has 0 radical (unpaired) electrons. The first-order valence-corrected chi connectivity index (χ1v) is 7.19. The summed E-state index contributed by atoms with van der Waals surface area (Å²) in [5.41, 5.74) is 0. The number of hydrogen-bond acceptors (Lipinski definition) is 2. The molecule has 3 heteroatoms. The minimum absolute atomic E-state index is 0.236. The van der Waals surface area contributed by atoms with E-state index in [0.29, 0.717) is 11.9 Å². The van der Waals surface area contributed by atoms with Gasteiger partial charge in [0.05, 0.1) is 5.92 Å². The molecule has 2 aliphatic rings. The molecule has 17 heavy (non-hydrogen) atoms. The van der Waals surface area contributed by atoms with E-state index in [1.165, 1.54) is 19.3 Å². The van der Waals surface area contributed by atoms with Crippen LogP contribution in [0.25, 0.3) is 0 Å². The lowest BCUT2D eigenvalue weighted by molar-refractivity contribution is -0.136. The van der Waals surface area contributed by atoms with Crippen molar-refractivity contribution in [3.8, 4) is 0 Å². The van der Waals surface area contributed by atoms with Gasteiger partial charge in [-0.15, -0.1) is 0 Å². The van der Waals surface area contributed by atoms with Crippen LogP contribution in [0.1, 0.15) is 46.0 Å². The van der Waals surface area contributed by atoms with E-state index in [-0.39, 0.29) is 5.92 Å². The van der Waals surface area contributed by atoms with Gasteiger partial charge in [0.1, 0.15) is 0 Å². The molecule has 0 aromatic heterocycles. The Hall–Kier alpha value is -0.570. The van der Waals surface area contributed by atoms with E-state index in [9.17, 15) is 4.79 Å². The molecule has 1 N–H and O–H groups in total. The second-order valence-corrected chi connectivity index (χ2v) is 5.94. The Morgan fingerprint density at radius 3 is 2.65 bits per heavy atom. The summed E-state index contributed by atoms with van der Waals surface area (Å²) in [5.74, 6) is 1.43. The SMILES string of the molecule is CC1CCCN(C(=O)C2CCC(C)NC2)CC1. The van der Waals surface area contributed by atoms with Crippen LogP contribution >= 0.6 is 0 Å². The van der Waals surface area contributed by atoms with E-state index in [0.717, 1.165) is 38.4 Å². The zero-order chi connectivity index (χ0) is 12.3. The van der Waals surface area contributed by atoms with Crippen molar-refractivity contribution in [1.82, 2.24) is 10.2 Å². The number of hydrogen-bond donors (Lipinski definition) is 1. The van der Waals surface area contributed by atoms with Gasteiger partial charge in [-0.2, -0.15) is 0 Å². The summed E-state index contributed by atoms with van der Waals surface area (Å²) < 4.78 is 0. The Labute approximate surface area is 105 Å². The predicted molar refractivity (Wildman–Crippen MR) is 69.8 cm³/mol. The Morgan fingerprint density at radius 1 is 1.12 bits per heavy atom. The van der Waals surface area contributed by atoms with Crippen LogP contribution in [0.5, 0.6) is 0 Å². The highest BCUT2D eigenvalue weighted by molar-refractivity contribution is 5.79. The molecule has 0 aromatic carbocycles. The minimum atomic E-state index is 0.236. The van der Waals surface area contributed by atoms with Crippen molar-refractivity contribution in [2.24, 2.45) is 11.8 Å². The van der Waals surface area contributed by atoms with Crippen molar-refractivity contribution in [2.75, 3.05) is 19.6 Å². The first-order valence-electron chi connectivity index (χ1n) is 7.19. The van der Waals surface area contributed by atoms with Crippen LogP contribution in [-0.2, 0) is 4.79 Å². The Morgan fingerprint density at radius 2 is 1.94 bits per heavy atom. The number of piperidine rings is 1. The van der Waals surface area contributed by atoms with Gasteiger partial charge in [0.25, 0.3) is 0 Å². The van der Waals surface area contributed by atoms with E-state index in [2.05, 4.69) is 24.1 Å². The zero-order valence-electron chi connectivity index (χ0n) is 11.2. The fourth-order valence-electron chi connectivity index (χ4n) is 2.95. The molecule has 2 aliphatic heterocycles. The summed E-state index contributed by atoms with van der Waals surface area (Å²) in [6.07, 6.45) is 5.86. The first kappa shape index (κ1) is 12.9. The fraction of sp³-hybridized carbons (Fsp3) is 0.929. The number of likely N-dealkylation sites (tertiary alicyclic amines) is 1. The van der Waals surface area contributed by atoms with E-state index >= 15 is 0 Å². The van der Waals surface area contributed by atoms with Crippen LogP contribution in [0.3, 0.4) is 0 Å². The lowest BCUT2D eigenvalue weighted by atomic mass is 9.94. The number of nitrogens with one attached hydrogen (secondary N) is 1. The van der Waals surface area contributed by atoms with Gasteiger partial charge in [0, 0.05) is 25.7 Å². The number of nitrogens with zero attached hydrogens (tertiary/aromatic N) is 1. The average Bonchev–Trinajstić information content (AvgIpc) is 2.54. The molecular formula is C14H26N2O. The Balaban J connectivity index is 1.86. The van der Waals surface area contributed by atoms with Crippen molar-refractivity contribution >= 4 is 5.91 Å². The van der Waals surface area contributed by atoms with Crippen LogP contribution in [0, 0.1) is 11.8 Å². The monoisotopic (exact) mass is 238 g/mol. The maximum absolute atomic E-state index is 12.4. The van der Waals surface area contributed by atoms with Crippen LogP contribution < -0.4 is 5.32 Å². The molecule has 2 saturated heterocycles. The van der Waals surface area contributed by atoms with Gasteiger partial charge in [0.15, 0.2) is 0 Å². The van der Waals surface area contributed by atoms with Crippen LogP contribution in [0.2, 0.25) is 0 Å². The van der Waals surface area contributed by atoms with E-state index in [1.54, 1.807) is 0 Å². The van der Waals surface area contributed by atoms with Gasteiger partial charge in [-0.25, -0.2) is 0 Å². The third-order valence-electron chi connectivity index (χ3n) is 4.34. The van der Waals surface area contributed by atoms with Crippen molar-refractivity contribution in [3.05, 3.63) is 0 Å². The molecule has 2 fully saturated rings. The van der Waals surface area contributed by atoms with Gasteiger partial charge in [0.2, 0.25) is 5.91 Å². The standard InChI is InChI=1S/C14H26N2O/c1-11-4-3-8-16(9-7-11)14(17)13-6-5-12(2)15-10-13/h11-13,15H,3-10H2,1-2H3. The molecule has 2 heterocycles. The molecule has 1 amide bonds. The maximum Gasteiger partial charge on any atom is 0.226 e. The molecular weight excluding hydrogens is 212 g/mol. The lowest BCUT2D eigenvalue weighted by Gasteiger charge is -2.31. The van der Waals surface area contributed by atoms with Gasteiger partial charge in [-0.3, -0.25) is 4.79 Å². The topological polar surface area (TPSA) is 32.3 Å². The van der Waals surface area contributed by atoms with Crippen molar-refractivity contribution < 1.29 is 4.79 Å². The largest absolute Gasteiger partial charge is 0.342 e. The Bertz CT molecular complexity index is 259. The van der Waals surface area contributed by atoms with Crippen LogP contribution in [0.15, 0.2) is 0 Å². The molecule has 98 valence electrons. The molecule has 0 aromatic rings. The quantitative estimate of drug-likeness (QED) is 0.758. The minimum Gasteiger partial charge on any atom is -0.342 e. The molecule has 0 aliphatic carbocycles. The number of carbonyl (C=O) groups excluding carboxylic acids is 1. The summed E-state index contributed by atoms with van der Waals surface area (Å²) in [4.78, 5) is 14.5. The molecule has 3 unspecified atom stereocenters. The van der Waals surface area contributed by atoms with Gasteiger partial charge >= 0.3 is 0 Å². The smallest absolute Gasteiger partial charge is 0.226 e. The average molecular weight is 238 g/mol. The van der Waals surface area contributed by atoms with E-state index < -0.39 is 0 Å². The summed E-state index contributed by atoms with van der Waals surface area (Å²) in [5, 5.41) is 3.43. The van der Waals surface area contributed by atoms with Gasteiger partial charge < -0.3 is 10.2 Å². The van der Waals surface area contributed by atoms with Crippen molar-refractivity contribution in [1.29, 1.82) is 0 Å². The highest BCUT2D eigenvalue weighted by Gasteiger charge is 2.28. The molecule has 3 nitrogen and oxygen atoms in total. The first-order chi connectivity index (χ1) is 8.16. The number of amides is 1. The second kappa shape index (κ2) is 5.85. The van der Waals surface area contributed by atoms with Crippen LogP contribution in [0.4, 0.5) is 0 Å². The highest BCUT2D eigenvalue weighted by atomic mass is 16.2. The summed E-state index contributed by atoms with van der Waals surface area (Å²) >= 11 is 0. The predicted octanol–water partition coefficient (Wildman–Crippen LogP) is 2.02. The lowest BCUT2D eigenvalue weighted by Crippen LogP contribution is -2.46. The summed E-state index contributed by atoms with van der Waals surface area (Å²) in [7, 11) is 0. The van der Waals surface area contributed by atoms with Crippen LogP contribution in [-0.4, -0.2) is 36.5 Å². The van der Waals surface area contributed by atoms with Crippen molar-refractivity contribution in [3.63, 3.8) is 0 Å². The van der Waals surface area contributed by atoms with E-state index in [1.807, 2.05) is 0 Å². The second-order valence-electron chi connectivity index (χ2n) is 5.94. The zero-order valence-corrected chi connectivity index (χ0v) is 11.2.